The largest absolute Gasteiger partial charge is 0.121 e. The monoisotopic (exact) mass is 1130 g/mol. The Kier molecular flexibility index (Phi) is 22.1. The molecular formula is C28H28S24. The van der Waals surface area contributed by atoms with Gasteiger partial charge in [-0.2, -0.15) is 0 Å². The minimum absolute atomic E-state index is 1.04. The molecule has 284 valence electrons. The van der Waals surface area contributed by atoms with Gasteiger partial charge in [-0.25, -0.2) is 0 Å². The summed E-state index contributed by atoms with van der Waals surface area (Å²) in [6, 6.07) is 0. The summed E-state index contributed by atoms with van der Waals surface area (Å²) in [6.07, 6.45) is 17.7. The molecule has 0 nitrogen and oxygen atoms in total. The standard InChI is InChI=1S/C28H28S24/c1-29-11-12(30-2)42-23(41-11)25-45-15(33-5)19(49-25)37-9-39-21-17(35-7)47-27(51-21)28-48-18(36-8)22(52-28)40-10-38-20-16(34-6)46-26(50-20)24-43-13(31-3)14(32-4)44-24/h9-10H2,1-8H3/b28-27-. The zero-order valence-corrected chi connectivity index (χ0v) is 47.8. The molecule has 0 aromatic rings. The lowest BCUT2D eigenvalue weighted by Gasteiger charge is -2.06. The Labute approximate surface area is 411 Å². The lowest BCUT2D eigenvalue weighted by molar-refractivity contribution is 2.19. The van der Waals surface area contributed by atoms with Crippen LogP contribution in [0.25, 0.3) is 0 Å². The quantitative estimate of drug-likeness (QED) is 0.135. The SMILES string of the molecule is CSC1=C(SC)SC(=C2SC(SC)=C(SCSC3=C(SC)S/C(=C4\SC(SC)=C(SCSC5=C(SC)SC(=C6SC(SC)=C(SC)S6)S5)S4)S3)S2)S1. The molecule has 0 saturated carbocycles. The van der Waals surface area contributed by atoms with Crippen molar-refractivity contribution < 1.29 is 0 Å². The predicted molar refractivity (Wildman–Crippen MR) is 303 cm³/mol. The average Bonchev–Trinajstić information content (AvgIpc) is 4.02. The molecule has 0 aromatic carbocycles. The molecule has 6 aliphatic rings. The third kappa shape index (κ3) is 12.2. The van der Waals surface area contributed by atoms with Gasteiger partial charge in [0.1, 0.15) is 0 Å². The summed E-state index contributed by atoms with van der Waals surface area (Å²) in [4.78, 5) is 0. The molecule has 0 saturated heterocycles. The zero-order valence-electron chi connectivity index (χ0n) is 28.2. The van der Waals surface area contributed by atoms with Gasteiger partial charge < -0.3 is 0 Å². The van der Waals surface area contributed by atoms with Gasteiger partial charge in [0, 0.05) is 10.2 Å². The van der Waals surface area contributed by atoms with Crippen LogP contribution in [0.5, 0.6) is 0 Å². The summed E-state index contributed by atoms with van der Waals surface area (Å²) in [7, 11) is 0. The van der Waals surface area contributed by atoms with E-state index in [1.54, 1.807) is 0 Å². The van der Waals surface area contributed by atoms with E-state index in [2.05, 4.69) is 50.0 Å². The third-order valence-electron chi connectivity index (χ3n) is 5.97. The fourth-order valence-electron chi connectivity index (χ4n) is 3.76. The van der Waals surface area contributed by atoms with Crippen molar-refractivity contribution in [3.63, 3.8) is 0 Å². The van der Waals surface area contributed by atoms with Gasteiger partial charge in [0.15, 0.2) is 0 Å². The van der Waals surface area contributed by atoms with E-state index in [-0.39, 0.29) is 0 Å². The van der Waals surface area contributed by atoms with E-state index < -0.39 is 0 Å². The van der Waals surface area contributed by atoms with Crippen molar-refractivity contribution >= 4 is 282 Å². The van der Waals surface area contributed by atoms with Crippen LogP contribution in [0.4, 0.5) is 0 Å². The summed E-state index contributed by atoms with van der Waals surface area (Å²) in [5.41, 5.74) is 0. The van der Waals surface area contributed by atoms with Crippen molar-refractivity contribution in [2.75, 3.05) is 60.2 Å². The van der Waals surface area contributed by atoms with Crippen LogP contribution in [0.15, 0.2) is 76.3 Å². The Morgan fingerprint density at radius 2 is 0.365 bits per heavy atom. The van der Waals surface area contributed by atoms with Crippen molar-refractivity contribution in [2.24, 2.45) is 0 Å². The highest BCUT2D eigenvalue weighted by Crippen LogP contribution is 2.69. The van der Waals surface area contributed by atoms with Crippen LogP contribution < -0.4 is 0 Å². The van der Waals surface area contributed by atoms with E-state index in [1.807, 2.05) is 282 Å². The third-order valence-corrected chi connectivity index (χ3v) is 39.7. The summed E-state index contributed by atoms with van der Waals surface area (Å²) in [5.74, 6) is 0. The molecule has 6 aliphatic heterocycles. The van der Waals surface area contributed by atoms with Gasteiger partial charge in [0.25, 0.3) is 0 Å². The highest BCUT2D eigenvalue weighted by molar-refractivity contribution is 8.49. The van der Waals surface area contributed by atoms with E-state index in [0.29, 0.717) is 0 Å². The van der Waals surface area contributed by atoms with Crippen LogP contribution in [0.2, 0.25) is 0 Å². The van der Waals surface area contributed by atoms with Crippen LogP contribution in [0.1, 0.15) is 0 Å². The fourth-order valence-corrected chi connectivity index (χ4v) is 37.4. The van der Waals surface area contributed by atoms with E-state index in [4.69, 9.17) is 0 Å². The Hall–Kier alpha value is 6.06. The van der Waals surface area contributed by atoms with Crippen LogP contribution in [-0.2, 0) is 0 Å². The van der Waals surface area contributed by atoms with Gasteiger partial charge in [0.2, 0.25) is 0 Å². The lowest BCUT2D eigenvalue weighted by Crippen LogP contribution is -1.75. The first-order valence-corrected chi connectivity index (χ1v) is 37.6. The minimum Gasteiger partial charge on any atom is -0.121 e. The molecule has 0 aromatic heterocycles. The van der Waals surface area contributed by atoms with E-state index in [1.165, 1.54) is 76.3 Å². The number of rotatable bonds is 16. The molecule has 0 aliphatic carbocycles. The lowest BCUT2D eigenvalue weighted by atomic mass is 11.2. The molecule has 0 bridgehead atoms. The molecule has 0 unspecified atom stereocenters. The van der Waals surface area contributed by atoms with Crippen molar-refractivity contribution in [3.8, 4) is 0 Å². The second-order valence-electron chi connectivity index (χ2n) is 8.85. The molecule has 0 spiro atoms. The second kappa shape index (κ2) is 24.2. The highest BCUT2D eigenvalue weighted by Gasteiger charge is 2.33. The highest BCUT2D eigenvalue weighted by atomic mass is 32.3. The second-order valence-corrected chi connectivity index (χ2v) is 36.9. The zero-order chi connectivity index (χ0) is 36.8. The molecule has 0 fully saturated rings. The van der Waals surface area contributed by atoms with Crippen molar-refractivity contribution in [3.05, 3.63) is 76.3 Å². The molecule has 6 rings (SSSR count). The van der Waals surface area contributed by atoms with Crippen LogP contribution in [0.3, 0.4) is 0 Å². The van der Waals surface area contributed by atoms with Gasteiger partial charge in [0.05, 0.1) is 76.3 Å². The van der Waals surface area contributed by atoms with Crippen molar-refractivity contribution in [1.82, 2.24) is 0 Å². The molecular weight excluding hydrogens is 1110 g/mol. The first-order valence-electron chi connectivity index (χ1n) is 14.0. The normalized spacial score (nSPS) is 23.1. The minimum atomic E-state index is 1.04. The predicted octanol–water partition coefficient (Wildman–Crippen LogP) is 19.8. The molecule has 0 amide bonds. The maximum Gasteiger partial charge on any atom is 0.0717 e. The molecule has 6 heterocycles. The van der Waals surface area contributed by atoms with Gasteiger partial charge >= 0.3 is 0 Å². The maximum atomic E-state index is 2.23. The van der Waals surface area contributed by atoms with E-state index in [0.717, 1.165) is 10.2 Å². The first-order chi connectivity index (χ1) is 25.4. The summed E-state index contributed by atoms with van der Waals surface area (Å²) in [5, 5.41) is 2.08. The molecule has 24 heteroatoms. The van der Waals surface area contributed by atoms with Gasteiger partial charge in [-0.15, -0.1) is 141 Å². The number of thioether (sulfide) groups is 24. The topological polar surface area (TPSA) is 0 Å². The van der Waals surface area contributed by atoms with Crippen molar-refractivity contribution in [2.45, 2.75) is 0 Å². The maximum absolute atomic E-state index is 2.23. The van der Waals surface area contributed by atoms with Gasteiger partial charge in [-0.3, -0.25) is 0 Å². The smallest absolute Gasteiger partial charge is 0.0717 e. The Balaban J connectivity index is 1.01. The Bertz CT molecular complexity index is 1560. The van der Waals surface area contributed by atoms with Crippen LogP contribution >= 0.6 is 282 Å². The fraction of sp³-hybridized carbons (Fsp3) is 0.357. The molecule has 0 N–H and O–H groups in total. The molecule has 0 radical (unpaired) electrons. The van der Waals surface area contributed by atoms with Gasteiger partial charge in [-0.05, 0) is 50.0 Å². The molecule has 0 atom stereocenters. The number of hydrogen-bond acceptors (Lipinski definition) is 24. The Morgan fingerprint density at radius 3 is 0.519 bits per heavy atom. The van der Waals surface area contributed by atoms with Crippen LogP contribution in [-0.4, -0.2) is 60.2 Å². The summed E-state index contributed by atoms with van der Waals surface area (Å²) >= 11 is 47.0. The number of hydrogen-bond donors (Lipinski definition) is 0. The summed E-state index contributed by atoms with van der Waals surface area (Å²) < 4.78 is 26.3. The average molecular weight is 1130 g/mol. The van der Waals surface area contributed by atoms with Crippen molar-refractivity contribution in [1.29, 1.82) is 0 Å². The molecule has 52 heavy (non-hydrogen) atoms. The van der Waals surface area contributed by atoms with Crippen LogP contribution in [0, 0.1) is 0 Å². The van der Waals surface area contributed by atoms with E-state index in [9.17, 15) is 0 Å². The Morgan fingerprint density at radius 1 is 0.231 bits per heavy atom. The van der Waals surface area contributed by atoms with Gasteiger partial charge in [-0.1, -0.05) is 141 Å². The summed E-state index contributed by atoms with van der Waals surface area (Å²) in [6.45, 7) is 0. The first kappa shape index (κ1) is 47.5. The van der Waals surface area contributed by atoms with E-state index >= 15 is 0 Å².